The topological polar surface area (TPSA) is 37.5 Å². The number of imidazole rings is 1. The second-order valence-electron chi connectivity index (χ2n) is 5.82. The monoisotopic (exact) mass is 274 g/mol. The van der Waals surface area contributed by atoms with Gasteiger partial charge in [-0.3, -0.25) is 0 Å². The van der Waals surface area contributed by atoms with Gasteiger partial charge in [-0.25, -0.2) is 4.98 Å². The maximum Gasteiger partial charge on any atom is 0.136 e. The first kappa shape index (κ1) is 11.8. The van der Waals surface area contributed by atoms with E-state index < -0.39 is 5.60 Å². The molecule has 2 aliphatic heterocycles. The number of hydrogen-bond acceptors (Lipinski definition) is 3. The zero-order valence-corrected chi connectivity index (χ0v) is 11.6. The van der Waals surface area contributed by atoms with Crippen LogP contribution in [0.15, 0.2) is 30.6 Å². The van der Waals surface area contributed by atoms with Gasteiger partial charge in [-0.1, -0.05) is 12.5 Å². The van der Waals surface area contributed by atoms with Gasteiger partial charge in [0.15, 0.2) is 0 Å². The number of fused-ring (bicyclic) bond motifs is 3. The van der Waals surface area contributed by atoms with Crippen LogP contribution in [0.3, 0.4) is 0 Å². The van der Waals surface area contributed by atoms with E-state index in [9.17, 15) is 5.11 Å². The molecule has 0 aliphatic carbocycles. The van der Waals surface area contributed by atoms with Crippen molar-refractivity contribution in [1.82, 2.24) is 9.38 Å². The van der Waals surface area contributed by atoms with Crippen LogP contribution in [0.1, 0.15) is 37.8 Å². The van der Waals surface area contributed by atoms with Crippen molar-refractivity contribution in [3.8, 4) is 0 Å². The Kier molecular flexibility index (Phi) is 2.64. The Bertz CT molecular complexity index is 597. The van der Waals surface area contributed by atoms with E-state index in [1.54, 1.807) is 6.20 Å². The second kappa shape index (κ2) is 4.25. The number of hydrogen-bond donors (Lipinski definition) is 1. The zero-order valence-electron chi connectivity index (χ0n) is 10.8. The lowest BCUT2D eigenvalue weighted by Gasteiger charge is -2.44. The Morgan fingerprint density at radius 3 is 2.84 bits per heavy atom. The molecule has 2 unspecified atom stereocenters. The Morgan fingerprint density at radius 1 is 1.26 bits per heavy atom. The molecule has 3 nitrogen and oxygen atoms in total. The Morgan fingerprint density at radius 2 is 2.05 bits per heavy atom. The molecule has 4 rings (SSSR count). The van der Waals surface area contributed by atoms with Crippen LogP contribution in [-0.2, 0) is 5.60 Å². The van der Waals surface area contributed by atoms with Crippen molar-refractivity contribution < 1.29 is 5.11 Å². The van der Waals surface area contributed by atoms with Gasteiger partial charge in [0, 0.05) is 22.9 Å². The van der Waals surface area contributed by atoms with Crippen molar-refractivity contribution in [2.45, 2.75) is 48.2 Å². The van der Waals surface area contributed by atoms with E-state index in [1.807, 2.05) is 22.7 Å². The number of pyridine rings is 1. The van der Waals surface area contributed by atoms with Crippen LogP contribution in [-0.4, -0.2) is 25.0 Å². The Hall–Kier alpha value is -1.000. The highest BCUT2D eigenvalue weighted by Gasteiger charge is 2.43. The normalized spacial score (nSPS) is 34.6. The average Bonchev–Trinajstić information content (AvgIpc) is 2.85. The van der Waals surface area contributed by atoms with Crippen LogP contribution in [0.4, 0.5) is 0 Å². The third-order valence-electron chi connectivity index (χ3n) is 4.47. The third kappa shape index (κ3) is 1.89. The summed E-state index contributed by atoms with van der Waals surface area (Å²) in [7, 11) is 0. The third-order valence-corrected chi connectivity index (χ3v) is 6.05. The van der Waals surface area contributed by atoms with Gasteiger partial charge in [-0.2, -0.15) is 11.8 Å². The highest BCUT2D eigenvalue weighted by atomic mass is 32.2. The fourth-order valence-electron chi connectivity index (χ4n) is 3.65. The van der Waals surface area contributed by atoms with Crippen LogP contribution in [0, 0.1) is 0 Å². The summed E-state index contributed by atoms with van der Waals surface area (Å²) < 4.78 is 2.05. The number of nitrogens with zero attached hydrogens (tertiary/aromatic N) is 2. The highest BCUT2D eigenvalue weighted by molar-refractivity contribution is 8.00. The molecule has 2 saturated heterocycles. The highest BCUT2D eigenvalue weighted by Crippen LogP contribution is 2.49. The number of thioether (sulfide) groups is 1. The number of rotatable bonds is 1. The minimum Gasteiger partial charge on any atom is -0.384 e. The van der Waals surface area contributed by atoms with Gasteiger partial charge in [-0.15, -0.1) is 0 Å². The molecular weight excluding hydrogens is 256 g/mol. The fraction of sp³-hybridized carbons (Fsp3) is 0.533. The molecule has 4 heterocycles. The molecule has 4 heteroatoms. The molecule has 100 valence electrons. The minimum atomic E-state index is -0.679. The van der Waals surface area contributed by atoms with Gasteiger partial charge in [-0.05, 0) is 37.8 Å². The summed E-state index contributed by atoms with van der Waals surface area (Å²) in [4.78, 5) is 4.32. The summed E-state index contributed by atoms with van der Waals surface area (Å²) in [5, 5.41) is 12.4. The van der Waals surface area contributed by atoms with Crippen LogP contribution < -0.4 is 0 Å². The van der Waals surface area contributed by atoms with Crippen LogP contribution in [0.25, 0.3) is 5.65 Å². The lowest BCUT2D eigenvalue weighted by Crippen LogP contribution is -2.41. The Labute approximate surface area is 117 Å². The quantitative estimate of drug-likeness (QED) is 0.868. The summed E-state index contributed by atoms with van der Waals surface area (Å²) in [5.41, 5.74) is 1.26. The van der Waals surface area contributed by atoms with Crippen molar-refractivity contribution in [3.05, 3.63) is 36.3 Å². The summed E-state index contributed by atoms with van der Waals surface area (Å²) in [6.45, 7) is 0. The smallest absolute Gasteiger partial charge is 0.136 e. The molecule has 19 heavy (non-hydrogen) atoms. The van der Waals surface area contributed by atoms with Gasteiger partial charge < -0.3 is 9.51 Å². The molecule has 2 aliphatic rings. The summed E-state index contributed by atoms with van der Waals surface area (Å²) in [6, 6.07) is 6.05. The molecule has 2 fully saturated rings. The van der Waals surface area contributed by atoms with Crippen molar-refractivity contribution in [3.63, 3.8) is 0 Å². The van der Waals surface area contributed by atoms with Crippen molar-refractivity contribution >= 4 is 17.4 Å². The van der Waals surface area contributed by atoms with Gasteiger partial charge in [0.2, 0.25) is 0 Å². The van der Waals surface area contributed by atoms with E-state index in [0.29, 0.717) is 10.5 Å². The molecule has 2 atom stereocenters. The van der Waals surface area contributed by atoms with Crippen LogP contribution in [0.2, 0.25) is 0 Å². The van der Waals surface area contributed by atoms with E-state index >= 15 is 0 Å². The largest absolute Gasteiger partial charge is 0.384 e. The molecule has 2 aromatic heterocycles. The van der Waals surface area contributed by atoms with E-state index in [1.165, 1.54) is 19.3 Å². The fourth-order valence-corrected chi connectivity index (χ4v) is 5.55. The van der Waals surface area contributed by atoms with E-state index in [4.69, 9.17) is 0 Å². The van der Waals surface area contributed by atoms with Gasteiger partial charge in [0.25, 0.3) is 0 Å². The summed E-state index contributed by atoms with van der Waals surface area (Å²) in [6.07, 6.45) is 9.36. The molecule has 0 spiro atoms. The molecule has 0 amide bonds. The van der Waals surface area contributed by atoms with Crippen molar-refractivity contribution in [2.75, 3.05) is 0 Å². The molecule has 0 aromatic carbocycles. The first-order valence-electron chi connectivity index (χ1n) is 7.05. The standard InChI is InChI=1S/C15H18N2OS/c18-15(9-11-3-1-4-12(10-15)19-11)13-5-2-6-14-16-7-8-17(13)14/h2,5-8,11-12,18H,1,3-4,9-10H2. The second-order valence-corrected chi connectivity index (χ2v) is 7.42. The van der Waals surface area contributed by atoms with Crippen molar-refractivity contribution in [1.29, 1.82) is 0 Å². The lowest BCUT2D eigenvalue weighted by atomic mass is 9.83. The molecule has 2 aromatic rings. The average molecular weight is 274 g/mol. The molecule has 1 N–H and O–H groups in total. The van der Waals surface area contributed by atoms with E-state index in [-0.39, 0.29) is 0 Å². The maximum absolute atomic E-state index is 11.2. The maximum atomic E-state index is 11.2. The summed E-state index contributed by atoms with van der Waals surface area (Å²) >= 11 is 2.09. The van der Waals surface area contributed by atoms with Crippen LogP contribution in [0.5, 0.6) is 0 Å². The SMILES string of the molecule is OC1(c2cccc3nccn23)CC2CCCC(C1)S2. The predicted molar refractivity (Wildman–Crippen MR) is 77.3 cm³/mol. The number of aromatic nitrogens is 2. The van der Waals surface area contributed by atoms with Crippen LogP contribution >= 0.6 is 11.8 Å². The molecular formula is C15H18N2OS. The molecule has 0 saturated carbocycles. The van der Waals surface area contributed by atoms with E-state index in [0.717, 1.165) is 24.2 Å². The zero-order chi connectivity index (χ0) is 12.9. The first-order valence-corrected chi connectivity index (χ1v) is 7.99. The molecule has 2 bridgehead atoms. The molecule has 0 radical (unpaired) electrons. The lowest BCUT2D eigenvalue weighted by molar-refractivity contribution is 0.00301. The summed E-state index contributed by atoms with van der Waals surface area (Å²) in [5.74, 6) is 0. The van der Waals surface area contributed by atoms with Gasteiger partial charge in [0.05, 0.1) is 5.69 Å². The van der Waals surface area contributed by atoms with Gasteiger partial charge >= 0.3 is 0 Å². The first-order chi connectivity index (χ1) is 9.24. The van der Waals surface area contributed by atoms with E-state index in [2.05, 4.69) is 22.8 Å². The van der Waals surface area contributed by atoms with Crippen molar-refractivity contribution in [2.24, 2.45) is 0 Å². The minimum absolute atomic E-state index is 0.622. The van der Waals surface area contributed by atoms with Gasteiger partial charge in [0.1, 0.15) is 11.2 Å². The Balaban J connectivity index is 1.80. The predicted octanol–water partition coefficient (Wildman–Crippen LogP) is 2.97. The number of aliphatic hydroxyl groups is 1.